The van der Waals surface area contributed by atoms with Crippen molar-refractivity contribution < 1.29 is 9.90 Å². The van der Waals surface area contributed by atoms with Crippen LogP contribution in [-0.2, 0) is 0 Å². The van der Waals surface area contributed by atoms with Crippen LogP contribution >= 0.6 is 11.3 Å². The average molecular weight is 330 g/mol. The fraction of sp³-hybridized carbons (Fsp3) is 0.250. The van der Waals surface area contributed by atoms with E-state index in [1.165, 1.54) is 11.3 Å². The van der Waals surface area contributed by atoms with Crippen LogP contribution in [0.15, 0.2) is 36.0 Å². The highest BCUT2D eigenvalue weighted by atomic mass is 32.1. The molecule has 0 aliphatic carbocycles. The number of nitrogens with zero attached hydrogens (tertiary/aromatic N) is 1. The number of carbonyl (C=O) groups is 1. The van der Waals surface area contributed by atoms with E-state index in [2.05, 4.69) is 20.6 Å². The molecule has 0 saturated heterocycles. The van der Waals surface area contributed by atoms with Crippen LogP contribution in [-0.4, -0.2) is 34.1 Å². The number of aromatic nitrogens is 2. The van der Waals surface area contributed by atoms with Crippen molar-refractivity contribution >= 4 is 39.7 Å². The Kier molecular flexibility index (Phi) is 4.89. The molecule has 0 aromatic carbocycles. The van der Waals surface area contributed by atoms with Gasteiger partial charge in [0.05, 0.1) is 11.4 Å². The third kappa shape index (κ3) is 3.52. The van der Waals surface area contributed by atoms with Gasteiger partial charge in [-0.3, -0.25) is 4.79 Å². The molecule has 0 aliphatic heterocycles. The largest absolute Gasteiger partial charge is 0.396 e. The smallest absolute Gasteiger partial charge is 0.263 e. The number of H-pyrrole nitrogens is 1. The van der Waals surface area contributed by atoms with Gasteiger partial charge in [0, 0.05) is 30.9 Å². The molecule has 3 aromatic heterocycles. The summed E-state index contributed by atoms with van der Waals surface area (Å²) < 4.78 is 0. The summed E-state index contributed by atoms with van der Waals surface area (Å²) in [6.45, 7) is 0.713. The van der Waals surface area contributed by atoms with Crippen molar-refractivity contribution in [2.45, 2.75) is 12.8 Å². The van der Waals surface area contributed by atoms with Gasteiger partial charge in [0.15, 0.2) is 0 Å². The van der Waals surface area contributed by atoms with Crippen molar-refractivity contribution in [1.29, 1.82) is 0 Å². The van der Waals surface area contributed by atoms with Gasteiger partial charge < -0.3 is 20.7 Å². The van der Waals surface area contributed by atoms with Gasteiger partial charge in [-0.25, -0.2) is 4.98 Å². The number of aromatic amines is 1. The van der Waals surface area contributed by atoms with Crippen LogP contribution in [0.4, 0.5) is 11.4 Å². The Bertz CT molecular complexity index is 796. The molecule has 6 nitrogen and oxygen atoms in total. The van der Waals surface area contributed by atoms with Crippen LogP contribution in [0.5, 0.6) is 0 Å². The first kappa shape index (κ1) is 15.5. The highest BCUT2D eigenvalue weighted by Crippen LogP contribution is 2.29. The zero-order chi connectivity index (χ0) is 16.1. The first-order valence-electron chi connectivity index (χ1n) is 7.45. The van der Waals surface area contributed by atoms with Gasteiger partial charge in [0.2, 0.25) is 0 Å². The Balaban J connectivity index is 1.73. The minimum Gasteiger partial charge on any atom is -0.396 e. The molecule has 0 unspecified atom stereocenters. The number of nitrogens with one attached hydrogen (secondary N) is 3. The van der Waals surface area contributed by atoms with E-state index in [-0.39, 0.29) is 12.5 Å². The van der Waals surface area contributed by atoms with Gasteiger partial charge in [-0.05, 0) is 36.4 Å². The van der Waals surface area contributed by atoms with Gasteiger partial charge in [0.25, 0.3) is 5.91 Å². The fourth-order valence-corrected chi connectivity index (χ4v) is 3.08. The standard InChI is InChI=1S/C16H18N4O2S/c21-9-2-1-6-19-16(22)14-13(5-10-23-14)20-12-4-8-18-15-11(12)3-7-17-15/h3-5,7-8,10,21H,1-2,6,9H2,(H,19,22)(H2,17,18,20). The average Bonchev–Trinajstić information content (AvgIpc) is 3.21. The van der Waals surface area contributed by atoms with Gasteiger partial charge in [-0.15, -0.1) is 11.3 Å². The second kappa shape index (κ2) is 7.26. The van der Waals surface area contributed by atoms with Gasteiger partial charge in [-0.1, -0.05) is 0 Å². The van der Waals surface area contributed by atoms with E-state index in [1.807, 2.05) is 29.8 Å². The summed E-state index contributed by atoms with van der Waals surface area (Å²) in [6, 6.07) is 5.73. The molecule has 3 aromatic rings. The van der Waals surface area contributed by atoms with E-state index in [9.17, 15) is 4.79 Å². The molecule has 3 heterocycles. The maximum absolute atomic E-state index is 12.3. The number of aliphatic hydroxyl groups is 1. The molecule has 7 heteroatoms. The molecule has 0 aliphatic rings. The number of pyridine rings is 1. The molecule has 4 N–H and O–H groups in total. The molecule has 3 rings (SSSR count). The number of hydrogen-bond acceptors (Lipinski definition) is 5. The predicted molar refractivity (Wildman–Crippen MR) is 92.3 cm³/mol. The number of amides is 1. The number of anilines is 2. The lowest BCUT2D eigenvalue weighted by molar-refractivity contribution is 0.0957. The van der Waals surface area contributed by atoms with Crippen molar-refractivity contribution in [2.75, 3.05) is 18.5 Å². The SMILES string of the molecule is O=C(NCCCCO)c1sccc1Nc1ccnc2[nH]ccc12. The fourth-order valence-electron chi connectivity index (χ4n) is 2.32. The van der Waals surface area contributed by atoms with Gasteiger partial charge >= 0.3 is 0 Å². The summed E-state index contributed by atoms with van der Waals surface area (Å²) in [7, 11) is 0. The van der Waals surface area contributed by atoms with E-state index < -0.39 is 0 Å². The quantitative estimate of drug-likeness (QED) is 0.501. The Morgan fingerprint density at radius 2 is 2.17 bits per heavy atom. The normalized spacial score (nSPS) is 10.8. The second-order valence-corrected chi connectivity index (χ2v) is 5.99. The van der Waals surface area contributed by atoms with Crippen molar-refractivity contribution in [2.24, 2.45) is 0 Å². The lowest BCUT2D eigenvalue weighted by atomic mass is 10.2. The third-order valence-electron chi connectivity index (χ3n) is 3.47. The predicted octanol–water partition coefficient (Wildman–Crippen LogP) is 2.87. The molecule has 0 radical (unpaired) electrons. The zero-order valence-corrected chi connectivity index (χ0v) is 13.3. The Labute approximate surface area is 137 Å². The van der Waals surface area contributed by atoms with E-state index >= 15 is 0 Å². The summed E-state index contributed by atoms with van der Waals surface area (Å²) >= 11 is 1.40. The highest BCUT2D eigenvalue weighted by molar-refractivity contribution is 7.12. The topological polar surface area (TPSA) is 90.0 Å². The number of aliphatic hydroxyl groups excluding tert-OH is 1. The summed E-state index contributed by atoms with van der Waals surface area (Å²) in [5, 5.41) is 17.8. The maximum Gasteiger partial charge on any atom is 0.263 e. The number of carbonyl (C=O) groups excluding carboxylic acids is 1. The van der Waals surface area contributed by atoms with E-state index in [4.69, 9.17) is 5.11 Å². The van der Waals surface area contributed by atoms with Crippen LogP contribution in [0.25, 0.3) is 11.0 Å². The van der Waals surface area contributed by atoms with Crippen LogP contribution in [0.1, 0.15) is 22.5 Å². The summed E-state index contributed by atoms with van der Waals surface area (Å²) in [4.78, 5) is 20.2. The second-order valence-electron chi connectivity index (χ2n) is 5.07. The lowest BCUT2D eigenvalue weighted by Gasteiger charge is -2.09. The van der Waals surface area contributed by atoms with Crippen LogP contribution in [0.2, 0.25) is 0 Å². The number of rotatable bonds is 7. The molecule has 120 valence electrons. The Morgan fingerprint density at radius 1 is 1.26 bits per heavy atom. The molecule has 0 atom stereocenters. The molecular weight excluding hydrogens is 312 g/mol. The Morgan fingerprint density at radius 3 is 3.04 bits per heavy atom. The van der Waals surface area contributed by atoms with Crippen LogP contribution in [0.3, 0.4) is 0 Å². The van der Waals surface area contributed by atoms with Gasteiger partial charge in [-0.2, -0.15) is 0 Å². The van der Waals surface area contributed by atoms with Crippen molar-refractivity contribution in [3.05, 3.63) is 40.8 Å². The van der Waals surface area contributed by atoms with Crippen molar-refractivity contribution in [3.8, 4) is 0 Å². The molecule has 0 bridgehead atoms. The van der Waals surface area contributed by atoms with Crippen LogP contribution < -0.4 is 10.6 Å². The summed E-state index contributed by atoms with van der Waals surface area (Å²) in [5.74, 6) is -0.0974. The maximum atomic E-state index is 12.3. The number of unbranched alkanes of at least 4 members (excludes halogenated alkanes) is 1. The molecule has 0 fully saturated rings. The highest BCUT2D eigenvalue weighted by Gasteiger charge is 2.14. The zero-order valence-electron chi connectivity index (χ0n) is 12.5. The minimum atomic E-state index is -0.0974. The van der Waals surface area contributed by atoms with E-state index in [0.717, 1.165) is 28.8 Å². The first-order chi connectivity index (χ1) is 11.3. The third-order valence-corrected chi connectivity index (χ3v) is 4.38. The molecule has 0 spiro atoms. The van der Waals surface area contributed by atoms with Crippen LogP contribution in [0, 0.1) is 0 Å². The summed E-state index contributed by atoms with van der Waals surface area (Å²) in [6.07, 6.45) is 5.02. The number of thiophene rings is 1. The van der Waals surface area contributed by atoms with Crippen molar-refractivity contribution in [1.82, 2.24) is 15.3 Å². The van der Waals surface area contributed by atoms with E-state index in [1.54, 1.807) is 6.20 Å². The number of hydrogen-bond donors (Lipinski definition) is 4. The molecule has 23 heavy (non-hydrogen) atoms. The lowest BCUT2D eigenvalue weighted by Crippen LogP contribution is -2.24. The van der Waals surface area contributed by atoms with E-state index in [0.29, 0.717) is 17.8 Å². The molecule has 1 amide bonds. The van der Waals surface area contributed by atoms with Gasteiger partial charge in [0.1, 0.15) is 10.5 Å². The Hall–Kier alpha value is -2.38. The minimum absolute atomic E-state index is 0.0974. The summed E-state index contributed by atoms with van der Waals surface area (Å²) in [5.41, 5.74) is 2.49. The molecule has 0 saturated carbocycles. The van der Waals surface area contributed by atoms with Crippen molar-refractivity contribution in [3.63, 3.8) is 0 Å². The molecular formula is C16H18N4O2S. The monoisotopic (exact) mass is 330 g/mol. The number of fused-ring (bicyclic) bond motifs is 1. The first-order valence-corrected chi connectivity index (χ1v) is 8.33.